The smallest absolute Gasteiger partial charge is 0.290 e. The maximum Gasteiger partial charge on any atom is 0.290 e. The summed E-state index contributed by atoms with van der Waals surface area (Å²) in [6.07, 6.45) is 5.58. The van der Waals surface area contributed by atoms with Crippen molar-refractivity contribution in [1.82, 2.24) is 24.7 Å². The van der Waals surface area contributed by atoms with Crippen LogP contribution >= 0.6 is 0 Å². The van der Waals surface area contributed by atoms with E-state index < -0.39 is 0 Å². The van der Waals surface area contributed by atoms with E-state index in [4.69, 9.17) is 4.74 Å². The summed E-state index contributed by atoms with van der Waals surface area (Å²) in [5.74, 6) is -0.0469. The fourth-order valence-electron chi connectivity index (χ4n) is 4.16. The molecule has 3 amide bonds. The Bertz CT molecular complexity index is 748. The fourth-order valence-corrected chi connectivity index (χ4v) is 4.16. The van der Waals surface area contributed by atoms with E-state index in [0.717, 1.165) is 50.8 Å². The molecular weight excluding hydrogens is 362 g/mol. The molecule has 0 bridgehead atoms. The van der Waals surface area contributed by atoms with E-state index in [2.05, 4.69) is 10.3 Å². The van der Waals surface area contributed by atoms with Gasteiger partial charge in [0, 0.05) is 45.9 Å². The molecule has 0 spiro atoms. The third kappa shape index (κ3) is 3.76. The second-order valence-corrected chi connectivity index (χ2v) is 7.62. The first-order valence-corrected chi connectivity index (χ1v) is 10.1. The van der Waals surface area contributed by atoms with Crippen LogP contribution < -0.4 is 5.32 Å². The van der Waals surface area contributed by atoms with Crippen molar-refractivity contribution in [3.63, 3.8) is 0 Å². The van der Waals surface area contributed by atoms with Crippen molar-refractivity contribution in [1.29, 1.82) is 0 Å². The highest BCUT2D eigenvalue weighted by atomic mass is 16.5. The van der Waals surface area contributed by atoms with Gasteiger partial charge in [0.2, 0.25) is 6.41 Å². The van der Waals surface area contributed by atoms with Gasteiger partial charge in [-0.3, -0.25) is 14.4 Å². The van der Waals surface area contributed by atoms with Gasteiger partial charge in [0.05, 0.1) is 11.8 Å². The first-order valence-electron chi connectivity index (χ1n) is 10.1. The number of nitrogens with one attached hydrogen (secondary N) is 1. The Hall–Kier alpha value is -2.42. The predicted octanol–water partition coefficient (Wildman–Crippen LogP) is 0.0424. The van der Waals surface area contributed by atoms with Crippen molar-refractivity contribution in [3.8, 4) is 0 Å². The average molecular weight is 389 g/mol. The Kier molecular flexibility index (Phi) is 5.61. The van der Waals surface area contributed by atoms with E-state index in [0.29, 0.717) is 50.8 Å². The van der Waals surface area contributed by atoms with Gasteiger partial charge in [0.15, 0.2) is 5.82 Å². The molecule has 28 heavy (non-hydrogen) atoms. The lowest BCUT2D eigenvalue weighted by Gasteiger charge is -2.32. The Morgan fingerprint density at radius 2 is 1.96 bits per heavy atom. The minimum absolute atomic E-state index is 0.0672. The Morgan fingerprint density at radius 1 is 1.14 bits per heavy atom. The highest BCUT2D eigenvalue weighted by molar-refractivity contribution is 5.97. The first kappa shape index (κ1) is 18.9. The lowest BCUT2D eigenvalue weighted by molar-refractivity contribution is -0.119. The molecular formula is C19H27N5O4. The SMILES string of the molecule is O=CN1CCN(C(=O)c2nc(C(=O)NCC3CCCO3)c3n2CCCC3)CC1. The summed E-state index contributed by atoms with van der Waals surface area (Å²) in [6, 6.07) is 0. The van der Waals surface area contributed by atoms with Crippen molar-refractivity contribution in [3.05, 3.63) is 17.2 Å². The Balaban J connectivity index is 1.50. The lowest BCUT2D eigenvalue weighted by atomic mass is 10.1. The summed E-state index contributed by atoms with van der Waals surface area (Å²) in [7, 11) is 0. The number of amides is 3. The van der Waals surface area contributed by atoms with Crippen LogP contribution in [0.15, 0.2) is 0 Å². The highest BCUT2D eigenvalue weighted by Crippen LogP contribution is 2.22. The molecule has 3 aliphatic heterocycles. The molecule has 0 aromatic carbocycles. The van der Waals surface area contributed by atoms with E-state index in [1.54, 1.807) is 9.80 Å². The second kappa shape index (κ2) is 8.30. The average Bonchev–Trinajstić information content (AvgIpc) is 3.39. The van der Waals surface area contributed by atoms with Crippen molar-refractivity contribution < 1.29 is 19.1 Å². The van der Waals surface area contributed by atoms with Crippen molar-refractivity contribution in [2.45, 2.75) is 44.8 Å². The van der Waals surface area contributed by atoms with Crippen LogP contribution in [-0.2, 0) is 22.5 Å². The van der Waals surface area contributed by atoms with Crippen molar-refractivity contribution >= 4 is 18.2 Å². The van der Waals surface area contributed by atoms with Crippen LogP contribution in [0, 0.1) is 0 Å². The summed E-state index contributed by atoms with van der Waals surface area (Å²) in [6.45, 7) is 3.95. The minimum Gasteiger partial charge on any atom is -0.376 e. The van der Waals surface area contributed by atoms with Gasteiger partial charge in [-0.25, -0.2) is 4.98 Å². The van der Waals surface area contributed by atoms with Crippen LogP contribution in [0.3, 0.4) is 0 Å². The van der Waals surface area contributed by atoms with Crippen LogP contribution in [0.5, 0.6) is 0 Å². The molecule has 1 aromatic heterocycles. The van der Waals surface area contributed by atoms with Gasteiger partial charge >= 0.3 is 0 Å². The zero-order valence-electron chi connectivity index (χ0n) is 16.1. The number of carbonyl (C=O) groups excluding carboxylic acids is 3. The zero-order valence-corrected chi connectivity index (χ0v) is 16.1. The molecule has 1 atom stereocenters. The summed E-state index contributed by atoms with van der Waals surface area (Å²) < 4.78 is 7.48. The van der Waals surface area contributed by atoms with Crippen LogP contribution in [0.25, 0.3) is 0 Å². The summed E-state index contributed by atoms with van der Waals surface area (Å²) in [5.41, 5.74) is 1.22. The second-order valence-electron chi connectivity index (χ2n) is 7.62. The van der Waals surface area contributed by atoms with Crippen LogP contribution in [0.1, 0.15) is 52.5 Å². The lowest BCUT2D eigenvalue weighted by Crippen LogP contribution is -2.48. The molecule has 2 fully saturated rings. The molecule has 152 valence electrons. The van der Waals surface area contributed by atoms with E-state index in [1.165, 1.54) is 0 Å². The Labute approximate surface area is 164 Å². The number of ether oxygens (including phenoxy) is 1. The molecule has 1 unspecified atom stereocenters. The van der Waals surface area contributed by atoms with Gasteiger partial charge in [0.1, 0.15) is 5.69 Å². The third-order valence-electron chi connectivity index (χ3n) is 5.79. The molecule has 2 saturated heterocycles. The molecule has 0 saturated carbocycles. The van der Waals surface area contributed by atoms with Gasteiger partial charge < -0.3 is 24.4 Å². The number of nitrogens with zero attached hydrogens (tertiary/aromatic N) is 4. The molecule has 9 heteroatoms. The van der Waals surface area contributed by atoms with E-state index in [-0.39, 0.29) is 17.9 Å². The van der Waals surface area contributed by atoms with Crippen LogP contribution in [-0.4, -0.2) is 83.0 Å². The molecule has 9 nitrogen and oxygen atoms in total. The molecule has 4 heterocycles. The molecule has 4 rings (SSSR count). The van der Waals surface area contributed by atoms with E-state index in [1.807, 2.05) is 4.57 Å². The quantitative estimate of drug-likeness (QED) is 0.718. The molecule has 0 radical (unpaired) electrons. The highest BCUT2D eigenvalue weighted by Gasteiger charge is 2.31. The topological polar surface area (TPSA) is 96.8 Å². The summed E-state index contributed by atoms with van der Waals surface area (Å²) >= 11 is 0. The number of piperazine rings is 1. The van der Waals surface area contributed by atoms with Crippen LogP contribution in [0.2, 0.25) is 0 Å². The standard InChI is InChI=1S/C19H27N5O4/c25-13-22-7-9-23(10-8-22)19(27)17-21-16(15-5-1-2-6-24(15)17)18(26)20-12-14-4-3-11-28-14/h13-14H,1-12H2,(H,20,26). The molecule has 1 aromatic rings. The van der Waals surface area contributed by atoms with E-state index in [9.17, 15) is 14.4 Å². The first-order chi connectivity index (χ1) is 13.7. The number of hydrogen-bond acceptors (Lipinski definition) is 5. The van der Waals surface area contributed by atoms with Gasteiger partial charge in [-0.1, -0.05) is 0 Å². The van der Waals surface area contributed by atoms with Gasteiger partial charge in [-0.2, -0.15) is 0 Å². The number of rotatable bonds is 5. The maximum atomic E-state index is 13.1. The number of carbonyl (C=O) groups is 3. The fraction of sp³-hybridized carbons (Fsp3) is 0.684. The van der Waals surface area contributed by atoms with Crippen molar-refractivity contribution in [2.24, 2.45) is 0 Å². The largest absolute Gasteiger partial charge is 0.376 e. The van der Waals surface area contributed by atoms with E-state index >= 15 is 0 Å². The normalized spacial score (nSPS) is 22.1. The van der Waals surface area contributed by atoms with Gasteiger partial charge in [0.25, 0.3) is 11.8 Å². The number of imidazole rings is 1. The summed E-state index contributed by atoms with van der Waals surface area (Å²) in [5, 5.41) is 2.93. The Morgan fingerprint density at radius 3 is 2.68 bits per heavy atom. The van der Waals surface area contributed by atoms with Crippen molar-refractivity contribution in [2.75, 3.05) is 39.3 Å². The number of hydrogen-bond donors (Lipinski definition) is 1. The number of aromatic nitrogens is 2. The zero-order chi connectivity index (χ0) is 19.5. The minimum atomic E-state index is -0.231. The maximum absolute atomic E-state index is 13.1. The predicted molar refractivity (Wildman–Crippen MR) is 100 cm³/mol. The number of fused-ring (bicyclic) bond motifs is 1. The van der Waals surface area contributed by atoms with Crippen LogP contribution in [0.4, 0.5) is 0 Å². The van der Waals surface area contributed by atoms with Gasteiger partial charge in [-0.15, -0.1) is 0 Å². The monoisotopic (exact) mass is 389 g/mol. The summed E-state index contributed by atoms with van der Waals surface area (Å²) in [4.78, 5) is 44.6. The molecule has 0 aliphatic carbocycles. The van der Waals surface area contributed by atoms with Gasteiger partial charge in [-0.05, 0) is 32.1 Å². The third-order valence-corrected chi connectivity index (χ3v) is 5.79. The molecule has 3 aliphatic rings. The molecule has 1 N–H and O–H groups in total.